The van der Waals surface area contributed by atoms with Crippen LogP contribution in [0.5, 0.6) is 0 Å². The summed E-state index contributed by atoms with van der Waals surface area (Å²) in [6, 6.07) is 0. The highest BCUT2D eigenvalue weighted by Gasteiger charge is 2.20. The third-order valence-electron chi connectivity index (χ3n) is 3.51. The number of allylic oxidation sites excluding steroid dienone is 1. The van der Waals surface area contributed by atoms with Crippen LogP contribution in [0.4, 0.5) is 0 Å². The average molecular weight is 379 g/mol. The van der Waals surface area contributed by atoms with Crippen molar-refractivity contribution in [3.63, 3.8) is 0 Å². The molecule has 1 N–H and O–H groups in total. The normalized spacial score (nSPS) is 14.7. The van der Waals surface area contributed by atoms with Crippen LogP contribution in [0.2, 0.25) is 0 Å². The molecule has 0 aromatic rings. The van der Waals surface area contributed by atoms with Gasteiger partial charge in [0.2, 0.25) is 0 Å². The summed E-state index contributed by atoms with van der Waals surface area (Å²) >= 11 is 0. The number of hydrogen-bond donors (Lipinski definition) is 1. The minimum Gasteiger partial charge on any atom is -0.356 e. The van der Waals surface area contributed by atoms with E-state index in [9.17, 15) is 0 Å². The first-order valence-electron chi connectivity index (χ1n) is 7.30. The second kappa shape index (κ2) is 11.6. The number of rotatable bonds is 9. The van der Waals surface area contributed by atoms with Gasteiger partial charge in [0, 0.05) is 27.2 Å². The molecule has 0 spiro atoms. The van der Waals surface area contributed by atoms with Crippen LogP contribution >= 0.6 is 24.0 Å². The monoisotopic (exact) mass is 379 g/mol. The molecule has 0 aliphatic heterocycles. The number of nitrogens with zero attached hydrogens (tertiary/aromatic N) is 2. The lowest BCUT2D eigenvalue weighted by molar-refractivity contribution is 0.453. The van der Waals surface area contributed by atoms with Crippen molar-refractivity contribution in [2.45, 2.75) is 44.9 Å². The van der Waals surface area contributed by atoms with Crippen molar-refractivity contribution in [2.75, 3.05) is 27.2 Å². The highest BCUT2D eigenvalue weighted by molar-refractivity contribution is 14.0. The summed E-state index contributed by atoms with van der Waals surface area (Å²) in [6.45, 7) is 5.90. The lowest BCUT2D eigenvalue weighted by Crippen LogP contribution is -2.39. The fourth-order valence-corrected chi connectivity index (χ4v) is 2.10. The maximum atomic E-state index is 4.34. The van der Waals surface area contributed by atoms with E-state index in [2.05, 4.69) is 28.8 Å². The Morgan fingerprint density at radius 3 is 2.68 bits per heavy atom. The van der Waals surface area contributed by atoms with Gasteiger partial charge >= 0.3 is 0 Å². The Hall–Kier alpha value is -0.260. The SMILES string of the molecule is C=CCCCCCN(C)C(=NC)NCCC1CC1.I. The zero-order chi connectivity index (χ0) is 13.2. The Balaban J connectivity index is 0.00000324. The van der Waals surface area contributed by atoms with Gasteiger partial charge < -0.3 is 10.2 Å². The molecule has 0 bridgehead atoms. The molecule has 0 atom stereocenters. The molecule has 0 heterocycles. The molecule has 112 valence electrons. The minimum absolute atomic E-state index is 0. The molecule has 1 fully saturated rings. The van der Waals surface area contributed by atoms with Gasteiger partial charge in [-0.3, -0.25) is 4.99 Å². The number of guanidine groups is 1. The smallest absolute Gasteiger partial charge is 0.193 e. The maximum absolute atomic E-state index is 4.34. The summed E-state index contributed by atoms with van der Waals surface area (Å²) in [5, 5.41) is 3.45. The molecule has 4 heteroatoms. The quantitative estimate of drug-likeness (QED) is 0.218. The molecule has 0 unspecified atom stereocenters. The molecule has 0 radical (unpaired) electrons. The van der Waals surface area contributed by atoms with Crippen molar-refractivity contribution in [1.29, 1.82) is 0 Å². The van der Waals surface area contributed by atoms with Crippen LogP contribution < -0.4 is 5.32 Å². The summed E-state index contributed by atoms with van der Waals surface area (Å²) in [6.07, 6.45) is 11.1. The first-order valence-corrected chi connectivity index (χ1v) is 7.30. The van der Waals surface area contributed by atoms with Crippen LogP contribution in [0.1, 0.15) is 44.9 Å². The van der Waals surface area contributed by atoms with E-state index in [-0.39, 0.29) is 24.0 Å². The number of nitrogens with one attached hydrogen (secondary N) is 1. The van der Waals surface area contributed by atoms with E-state index >= 15 is 0 Å². The van der Waals surface area contributed by atoms with E-state index in [1.165, 1.54) is 38.5 Å². The second-order valence-electron chi connectivity index (χ2n) is 5.27. The Bertz CT molecular complexity index is 262. The second-order valence-corrected chi connectivity index (χ2v) is 5.27. The van der Waals surface area contributed by atoms with Gasteiger partial charge in [-0.1, -0.05) is 25.3 Å². The summed E-state index contributed by atoms with van der Waals surface area (Å²) in [7, 11) is 3.99. The molecule has 1 rings (SSSR count). The molecular formula is C15H30IN3. The van der Waals surface area contributed by atoms with E-state index in [1.807, 2.05) is 13.1 Å². The molecule has 19 heavy (non-hydrogen) atoms. The van der Waals surface area contributed by atoms with Crippen molar-refractivity contribution in [1.82, 2.24) is 10.2 Å². The van der Waals surface area contributed by atoms with Crippen molar-refractivity contribution >= 4 is 29.9 Å². The predicted octanol–water partition coefficient (Wildman–Crippen LogP) is 3.66. The molecule has 1 aliphatic rings. The van der Waals surface area contributed by atoms with Gasteiger partial charge in [0.25, 0.3) is 0 Å². The van der Waals surface area contributed by atoms with Crippen LogP contribution in [-0.2, 0) is 0 Å². The van der Waals surface area contributed by atoms with Gasteiger partial charge in [0.05, 0.1) is 0 Å². The molecule has 1 saturated carbocycles. The van der Waals surface area contributed by atoms with Gasteiger partial charge in [-0.2, -0.15) is 0 Å². The largest absolute Gasteiger partial charge is 0.356 e. The summed E-state index contributed by atoms with van der Waals surface area (Å²) in [5.74, 6) is 2.03. The Morgan fingerprint density at radius 1 is 1.37 bits per heavy atom. The Morgan fingerprint density at radius 2 is 2.11 bits per heavy atom. The number of hydrogen-bond acceptors (Lipinski definition) is 1. The molecular weight excluding hydrogens is 349 g/mol. The molecule has 3 nitrogen and oxygen atoms in total. The van der Waals surface area contributed by atoms with Gasteiger partial charge in [0.15, 0.2) is 5.96 Å². The van der Waals surface area contributed by atoms with Crippen molar-refractivity contribution in [3.8, 4) is 0 Å². The lowest BCUT2D eigenvalue weighted by atomic mass is 10.2. The molecule has 1 aliphatic carbocycles. The zero-order valence-corrected chi connectivity index (χ0v) is 14.9. The minimum atomic E-state index is 0. The summed E-state index contributed by atoms with van der Waals surface area (Å²) in [4.78, 5) is 6.57. The molecule has 0 aromatic heterocycles. The first kappa shape index (κ1) is 18.7. The van der Waals surface area contributed by atoms with Crippen LogP contribution in [0.3, 0.4) is 0 Å². The van der Waals surface area contributed by atoms with Crippen molar-refractivity contribution in [2.24, 2.45) is 10.9 Å². The van der Waals surface area contributed by atoms with E-state index in [0.29, 0.717) is 0 Å². The number of halogens is 1. The van der Waals surface area contributed by atoms with Gasteiger partial charge in [0.1, 0.15) is 0 Å². The van der Waals surface area contributed by atoms with E-state index in [0.717, 1.165) is 31.4 Å². The fourth-order valence-electron chi connectivity index (χ4n) is 2.10. The van der Waals surface area contributed by atoms with Crippen molar-refractivity contribution < 1.29 is 0 Å². The van der Waals surface area contributed by atoms with E-state index in [1.54, 1.807) is 0 Å². The van der Waals surface area contributed by atoms with Crippen LogP contribution in [-0.4, -0.2) is 38.0 Å². The lowest BCUT2D eigenvalue weighted by Gasteiger charge is -2.22. The maximum Gasteiger partial charge on any atom is 0.193 e. The standard InChI is InChI=1S/C15H29N3.HI/c1-4-5-6-7-8-13-18(3)15(16-2)17-12-11-14-9-10-14;/h4,14H,1,5-13H2,2-3H3,(H,16,17);1H. The molecule has 0 saturated heterocycles. The highest BCUT2D eigenvalue weighted by atomic mass is 127. The molecule has 0 aromatic carbocycles. The third-order valence-corrected chi connectivity index (χ3v) is 3.51. The van der Waals surface area contributed by atoms with Gasteiger partial charge in [-0.25, -0.2) is 0 Å². The van der Waals surface area contributed by atoms with Crippen molar-refractivity contribution in [3.05, 3.63) is 12.7 Å². The Kier molecular flexibility index (Phi) is 11.4. The predicted molar refractivity (Wildman–Crippen MR) is 95.4 cm³/mol. The number of aliphatic imine (C=N–C) groups is 1. The van der Waals surface area contributed by atoms with Crippen LogP contribution in [0.25, 0.3) is 0 Å². The summed E-state index contributed by atoms with van der Waals surface area (Å²) < 4.78 is 0. The van der Waals surface area contributed by atoms with Crippen LogP contribution in [0.15, 0.2) is 17.6 Å². The van der Waals surface area contributed by atoms with E-state index < -0.39 is 0 Å². The van der Waals surface area contributed by atoms with E-state index in [4.69, 9.17) is 0 Å². The molecule has 0 amide bonds. The highest BCUT2D eigenvalue weighted by Crippen LogP contribution is 2.31. The fraction of sp³-hybridized carbons (Fsp3) is 0.800. The third kappa shape index (κ3) is 9.30. The van der Waals surface area contributed by atoms with Crippen LogP contribution in [0, 0.1) is 5.92 Å². The van der Waals surface area contributed by atoms with Gasteiger partial charge in [-0.15, -0.1) is 30.6 Å². The van der Waals surface area contributed by atoms with Gasteiger partial charge in [-0.05, 0) is 31.6 Å². The number of unbranched alkanes of at least 4 members (excludes halogenated alkanes) is 3. The average Bonchev–Trinajstić information content (AvgIpc) is 3.18. The Labute approximate surface area is 136 Å². The zero-order valence-electron chi connectivity index (χ0n) is 12.5. The summed E-state index contributed by atoms with van der Waals surface area (Å²) in [5.41, 5.74) is 0. The first-order chi connectivity index (χ1) is 8.77. The topological polar surface area (TPSA) is 27.6 Å².